The van der Waals surface area contributed by atoms with Crippen LogP contribution in [0.5, 0.6) is 5.75 Å². The van der Waals surface area contributed by atoms with Gasteiger partial charge in [0.1, 0.15) is 5.75 Å². The summed E-state index contributed by atoms with van der Waals surface area (Å²) >= 11 is 0. The molecule has 0 radical (unpaired) electrons. The molecule has 0 N–H and O–H groups in total. The van der Waals surface area contributed by atoms with Gasteiger partial charge in [-0.2, -0.15) is 0 Å². The largest absolute Gasteiger partial charge is 0.494 e. The second-order valence-electron chi connectivity index (χ2n) is 5.12. The number of carbonyl (C=O) groups is 2. The average Bonchev–Trinajstić information content (AvgIpc) is 2.88. The van der Waals surface area contributed by atoms with Crippen LogP contribution in [0.25, 0.3) is 0 Å². The molecule has 1 saturated heterocycles. The predicted molar refractivity (Wildman–Crippen MR) is 77.9 cm³/mol. The SMILES string of the molecule is CCOc1ccccc1C(C)N1CC(C(=O)OC)CC1=O. The van der Waals surface area contributed by atoms with Crippen LogP contribution in [0.2, 0.25) is 0 Å². The van der Waals surface area contributed by atoms with Crippen molar-refractivity contribution in [2.75, 3.05) is 20.3 Å². The van der Waals surface area contributed by atoms with E-state index in [1.54, 1.807) is 4.90 Å². The first-order valence-corrected chi connectivity index (χ1v) is 7.17. The molecule has 0 bridgehead atoms. The van der Waals surface area contributed by atoms with Crippen molar-refractivity contribution in [3.05, 3.63) is 29.8 Å². The van der Waals surface area contributed by atoms with Gasteiger partial charge < -0.3 is 14.4 Å². The number of methoxy groups -OCH3 is 1. The average molecular weight is 291 g/mol. The Balaban J connectivity index is 2.19. The van der Waals surface area contributed by atoms with Crippen molar-refractivity contribution in [3.8, 4) is 5.75 Å². The minimum atomic E-state index is -0.371. The zero-order valence-electron chi connectivity index (χ0n) is 12.7. The van der Waals surface area contributed by atoms with Crippen LogP contribution in [-0.2, 0) is 14.3 Å². The van der Waals surface area contributed by atoms with Crippen LogP contribution in [0, 0.1) is 5.92 Å². The van der Waals surface area contributed by atoms with E-state index in [1.165, 1.54) is 7.11 Å². The minimum absolute atomic E-state index is 0.0239. The molecule has 5 heteroatoms. The molecule has 0 aliphatic carbocycles. The summed E-state index contributed by atoms with van der Waals surface area (Å²) in [5.74, 6) is 0.0615. The highest BCUT2D eigenvalue weighted by Gasteiger charge is 2.38. The third-order valence-electron chi connectivity index (χ3n) is 3.83. The second-order valence-corrected chi connectivity index (χ2v) is 5.12. The fraction of sp³-hybridized carbons (Fsp3) is 0.500. The monoisotopic (exact) mass is 291 g/mol. The number of rotatable bonds is 5. The van der Waals surface area contributed by atoms with Crippen LogP contribution < -0.4 is 4.74 Å². The summed E-state index contributed by atoms with van der Waals surface area (Å²) in [6.45, 7) is 4.85. The smallest absolute Gasteiger partial charge is 0.310 e. The van der Waals surface area contributed by atoms with Crippen LogP contribution in [0.3, 0.4) is 0 Å². The van der Waals surface area contributed by atoms with E-state index in [1.807, 2.05) is 38.1 Å². The zero-order valence-corrected chi connectivity index (χ0v) is 12.7. The highest BCUT2D eigenvalue weighted by atomic mass is 16.5. The summed E-state index contributed by atoms with van der Waals surface area (Å²) in [6.07, 6.45) is 0.216. The van der Waals surface area contributed by atoms with Gasteiger partial charge in [0, 0.05) is 18.5 Å². The number of esters is 1. The quantitative estimate of drug-likeness (QED) is 0.780. The number of hydrogen-bond acceptors (Lipinski definition) is 4. The number of ether oxygens (including phenoxy) is 2. The van der Waals surface area contributed by atoms with E-state index in [4.69, 9.17) is 9.47 Å². The molecule has 1 aromatic rings. The van der Waals surface area contributed by atoms with Gasteiger partial charge in [0.15, 0.2) is 0 Å². The van der Waals surface area contributed by atoms with Gasteiger partial charge in [-0.25, -0.2) is 0 Å². The maximum Gasteiger partial charge on any atom is 0.310 e. The summed E-state index contributed by atoms with van der Waals surface area (Å²) in [5, 5.41) is 0. The van der Waals surface area contributed by atoms with Gasteiger partial charge in [0.05, 0.1) is 25.7 Å². The molecule has 0 saturated carbocycles. The first kappa shape index (κ1) is 15.4. The fourth-order valence-electron chi connectivity index (χ4n) is 2.71. The topological polar surface area (TPSA) is 55.8 Å². The maximum atomic E-state index is 12.2. The molecule has 0 aromatic heterocycles. The van der Waals surface area contributed by atoms with E-state index in [0.717, 1.165) is 11.3 Å². The number of likely N-dealkylation sites (tertiary alicyclic amines) is 1. The van der Waals surface area contributed by atoms with Crippen molar-refractivity contribution in [1.29, 1.82) is 0 Å². The number of para-hydroxylation sites is 1. The van der Waals surface area contributed by atoms with Crippen LogP contribution in [0.1, 0.15) is 31.9 Å². The molecule has 1 amide bonds. The van der Waals surface area contributed by atoms with Crippen LogP contribution in [0.4, 0.5) is 0 Å². The number of hydrogen-bond donors (Lipinski definition) is 0. The minimum Gasteiger partial charge on any atom is -0.494 e. The third-order valence-corrected chi connectivity index (χ3v) is 3.83. The fourth-order valence-corrected chi connectivity index (χ4v) is 2.71. The summed E-state index contributed by atoms with van der Waals surface area (Å²) in [4.78, 5) is 25.5. The summed E-state index contributed by atoms with van der Waals surface area (Å²) < 4.78 is 10.4. The Kier molecular flexibility index (Phi) is 4.83. The maximum absolute atomic E-state index is 12.2. The summed E-state index contributed by atoms with van der Waals surface area (Å²) in [6, 6.07) is 7.55. The van der Waals surface area contributed by atoms with E-state index < -0.39 is 0 Å². The van der Waals surface area contributed by atoms with Gasteiger partial charge in [-0.1, -0.05) is 18.2 Å². The van der Waals surface area contributed by atoms with Crippen LogP contribution in [-0.4, -0.2) is 37.0 Å². The molecule has 2 rings (SSSR count). The van der Waals surface area contributed by atoms with Gasteiger partial charge in [0.25, 0.3) is 0 Å². The van der Waals surface area contributed by atoms with Gasteiger partial charge >= 0.3 is 5.97 Å². The normalized spacial score (nSPS) is 19.5. The van der Waals surface area contributed by atoms with Crippen molar-refractivity contribution in [3.63, 3.8) is 0 Å². The van der Waals surface area contributed by atoms with Crippen molar-refractivity contribution in [2.45, 2.75) is 26.3 Å². The summed E-state index contributed by atoms with van der Waals surface area (Å²) in [7, 11) is 1.35. The van der Waals surface area contributed by atoms with Gasteiger partial charge in [-0.3, -0.25) is 9.59 Å². The Labute approximate surface area is 124 Å². The van der Waals surface area contributed by atoms with Gasteiger partial charge in [-0.05, 0) is 19.9 Å². The number of nitrogens with zero attached hydrogens (tertiary/aromatic N) is 1. The summed E-state index contributed by atoms with van der Waals surface area (Å²) in [5.41, 5.74) is 0.957. The molecular weight excluding hydrogens is 270 g/mol. The van der Waals surface area contributed by atoms with Crippen molar-refractivity contribution < 1.29 is 19.1 Å². The molecular formula is C16H21NO4. The second kappa shape index (κ2) is 6.61. The molecule has 2 atom stereocenters. The molecule has 1 aliphatic heterocycles. The molecule has 0 spiro atoms. The zero-order chi connectivity index (χ0) is 15.4. The lowest BCUT2D eigenvalue weighted by atomic mass is 10.1. The lowest BCUT2D eigenvalue weighted by molar-refractivity contribution is -0.145. The molecule has 21 heavy (non-hydrogen) atoms. The number of benzene rings is 1. The van der Waals surface area contributed by atoms with E-state index in [0.29, 0.717) is 13.2 Å². The number of carbonyl (C=O) groups excluding carboxylic acids is 2. The Morgan fingerprint density at radius 3 is 2.81 bits per heavy atom. The highest BCUT2D eigenvalue weighted by molar-refractivity contribution is 5.87. The Hall–Kier alpha value is -2.04. The molecule has 2 unspecified atom stereocenters. The van der Waals surface area contributed by atoms with Gasteiger partial charge in [0.2, 0.25) is 5.91 Å². The predicted octanol–water partition coefficient (Wildman–Crippen LogP) is 2.17. The molecule has 1 aromatic carbocycles. The standard InChI is InChI=1S/C16H21NO4/c1-4-21-14-8-6-5-7-13(14)11(2)17-10-12(9-15(17)18)16(19)20-3/h5-8,11-12H,4,9-10H2,1-3H3. The third kappa shape index (κ3) is 3.17. The number of amides is 1. The molecule has 114 valence electrons. The van der Waals surface area contributed by atoms with Crippen molar-refractivity contribution in [1.82, 2.24) is 4.90 Å². The van der Waals surface area contributed by atoms with Crippen molar-refractivity contribution >= 4 is 11.9 Å². The van der Waals surface area contributed by atoms with Crippen molar-refractivity contribution in [2.24, 2.45) is 5.92 Å². The van der Waals surface area contributed by atoms with Gasteiger partial charge in [-0.15, -0.1) is 0 Å². The highest BCUT2D eigenvalue weighted by Crippen LogP contribution is 2.33. The molecule has 5 nitrogen and oxygen atoms in total. The first-order chi connectivity index (χ1) is 10.1. The van der Waals surface area contributed by atoms with Crippen LogP contribution >= 0.6 is 0 Å². The molecule has 1 aliphatic rings. The Bertz CT molecular complexity index is 529. The molecule has 1 fully saturated rings. The Morgan fingerprint density at radius 1 is 1.43 bits per heavy atom. The lowest BCUT2D eigenvalue weighted by Crippen LogP contribution is -2.29. The van der Waals surface area contributed by atoms with E-state index in [9.17, 15) is 9.59 Å². The molecule has 1 heterocycles. The van der Waals surface area contributed by atoms with E-state index >= 15 is 0 Å². The van der Waals surface area contributed by atoms with Crippen LogP contribution in [0.15, 0.2) is 24.3 Å². The Morgan fingerprint density at radius 2 is 2.14 bits per heavy atom. The lowest BCUT2D eigenvalue weighted by Gasteiger charge is -2.26. The van der Waals surface area contributed by atoms with E-state index in [-0.39, 0.29) is 30.3 Å². The first-order valence-electron chi connectivity index (χ1n) is 7.17. The van der Waals surface area contributed by atoms with E-state index in [2.05, 4.69) is 0 Å².